The van der Waals surface area contributed by atoms with E-state index in [-0.39, 0.29) is 11.6 Å². The van der Waals surface area contributed by atoms with E-state index in [0.29, 0.717) is 17.5 Å². The van der Waals surface area contributed by atoms with Crippen LogP contribution in [0.5, 0.6) is 0 Å². The fourth-order valence-corrected chi connectivity index (χ4v) is 2.97. The summed E-state index contributed by atoms with van der Waals surface area (Å²) in [5, 5.41) is 3.98. The molecule has 0 saturated heterocycles. The van der Waals surface area contributed by atoms with Crippen LogP contribution in [0.15, 0.2) is 35.1 Å². The average molecular weight is 319 g/mol. The third-order valence-corrected chi connectivity index (χ3v) is 4.16. The molecular formula is C14H11BrN2O2. The summed E-state index contributed by atoms with van der Waals surface area (Å²) in [4.78, 5) is 24.7. The molecule has 1 heterocycles. The zero-order valence-corrected chi connectivity index (χ0v) is 11.8. The molecule has 19 heavy (non-hydrogen) atoms. The number of carbonyl (C=O) groups is 2. The first-order valence-corrected chi connectivity index (χ1v) is 6.71. The van der Waals surface area contributed by atoms with Gasteiger partial charge in [0.05, 0.1) is 17.7 Å². The van der Waals surface area contributed by atoms with Crippen LogP contribution in [0.25, 0.3) is 0 Å². The number of halogens is 1. The first-order chi connectivity index (χ1) is 9.08. The Labute approximate surface area is 118 Å². The summed E-state index contributed by atoms with van der Waals surface area (Å²) in [6.07, 6.45) is 3.62. The third-order valence-electron chi connectivity index (χ3n) is 3.41. The van der Waals surface area contributed by atoms with E-state index in [1.165, 1.54) is 6.20 Å². The van der Waals surface area contributed by atoms with Crippen molar-refractivity contribution in [2.24, 2.45) is 13.0 Å². The third kappa shape index (κ3) is 1.94. The van der Waals surface area contributed by atoms with Crippen LogP contribution in [0.2, 0.25) is 0 Å². The number of rotatable bonds is 2. The van der Waals surface area contributed by atoms with Gasteiger partial charge in [0, 0.05) is 23.3 Å². The molecule has 0 N–H and O–H groups in total. The van der Waals surface area contributed by atoms with Crippen molar-refractivity contribution in [1.82, 2.24) is 9.78 Å². The highest BCUT2D eigenvalue weighted by atomic mass is 79.9. The second-order valence-corrected chi connectivity index (χ2v) is 5.51. The van der Waals surface area contributed by atoms with Gasteiger partial charge in [-0.2, -0.15) is 5.10 Å². The molecule has 1 aromatic heterocycles. The number of benzene rings is 1. The summed E-state index contributed by atoms with van der Waals surface area (Å²) < 4.78 is 2.45. The van der Waals surface area contributed by atoms with Gasteiger partial charge in [0.15, 0.2) is 11.6 Å². The zero-order valence-electron chi connectivity index (χ0n) is 10.3. The Morgan fingerprint density at radius 1 is 1.47 bits per heavy atom. The van der Waals surface area contributed by atoms with Gasteiger partial charge in [-0.15, -0.1) is 0 Å². The lowest BCUT2D eigenvalue weighted by Crippen LogP contribution is -2.20. The Bertz CT molecular complexity index is 691. The van der Waals surface area contributed by atoms with Crippen molar-refractivity contribution in [3.63, 3.8) is 0 Å². The van der Waals surface area contributed by atoms with Gasteiger partial charge in [0.25, 0.3) is 0 Å². The highest BCUT2D eigenvalue weighted by Gasteiger charge is 2.37. The second kappa shape index (κ2) is 4.42. The van der Waals surface area contributed by atoms with E-state index in [0.717, 1.165) is 10.0 Å². The predicted octanol–water partition coefficient (Wildman–Crippen LogP) is 2.42. The molecule has 0 spiro atoms. The van der Waals surface area contributed by atoms with Gasteiger partial charge in [-0.25, -0.2) is 0 Å². The van der Waals surface area contributed by atoms with E-state index >= 15 is 0 Å². The molecule has 1 aromatic carbocycles. The maximum Gasteiger partial charge on any atom is 0.177 e. The van der Waals surface area contributed by atoms with Crippen molar-refractivity contribution in [2.75, 3.05) is 0 Å². The smallest absolute Gasteiger partial charge is 0.177 e. The molecule has 3 rings (SSSR count). The number of aryl methyl sites for hydroxylation is 1. The number of ketones is 2. The van der Waals surface area contributed by atoms with Gasteiger partial charge in [-0.05, 0) is 18.1 Å². The Kier molecular flexibility index (Phi) is 2.86. The number of hydrogen-bond donors (Lipinski definition) is 0. The largest absolute Gasteiger partial charge is 0.293 e. The first-order valence-electron chi connectivity index (χ1n) is 5.92. The van der Waals surface area contributed by atoms with Crippen LogP contribution < -0.4 is 0 Å². The van der Waals surface area contributed by atoms with Crippen LogP contribution in [0.1, 0.15) is 26.3 Å². The Morgan fingerprint density at radius 3 is 2.89 bits per heavy atom. The molecule has 5 heteroatoms. The van der Waals surface area contributed by atoms with Crippen LogP contribution in [-0.4, -0.2) is 21.3 Å². The van der Waals surface area contributed by atoms with Crippen molar-refractivity contribution in [2.45, 2.75) is 6.42 Å². The van der Waals surface area contributed by atoms with Crippen LogP contribution >= 0.6 is 15.9 Å². The van der Waals surface area contributed by atoms with Gasteiger partial charge in [-0.3, -0.25) is 14.3 Å². The second-order valence-electron chi connectivity index (χ2n) is 4.65. The van der Waals surface area contributed by atoms with Crippen molar-refractivity contribution in [1.29, 1.82) is 0 Å². The summed E-state index contributed by atoms with van der Waals surface area (Å²) in [6.45, 7) is 0. The highest BCUT2D eigenvalue weighted by Crippen LogP contribution is 2.33. The number of aromatic nitrogens is 2. The van der Waals surface area contributed by atoms with Crippen LogP contribution in [0.3, 0.4) is 0 Å². The van der Waals surface area contributed by atoms with Gasteiger partial charge in [0.2, 0.25) is 0 Å². The van der Waals surface area contributed by atoms with Gasteiger partial charge in [0.1, 0.15) is 0 Å². The first kappa shape index (κ1) is 12.3. The zero-order chi connectivity index (χ0) is 13.6. The minimum Gasteiger partial charge on any atom is -0.293 e. The maximum absolute atomic E-state index is 12.4. The molecule has 0 bridgehead atoms. The highest BCUT2D eigenvalue weighted by molar-refractivity contribution is 9.10. The molecule has 0 saturated carbocycles. The van der Waals surface area contributed by atoms with Crippen molar-refractivity contribution < 1.29 is 9.59 Å². The molecule has 96 valence electrons. The van der Waals surface area contributed by atoms with E-state index in [1.807, 2.05) is 12.1 Å². The molecule has 1 aliphatic carbocycles. The molecule has 4 nitrogen and oxygen atoms in total. The molecule has 1 aliphatic rings. The van der Waals surface area contributed by atoms with Gasteiger partial charge in [-0.1, -0.05) is 28.1 Å². The van der Waals surface area contributed by atoms with E-state index in [2.05, 4.69) is 21.0 Å². The monoisotopic (exact) mass is 318 g/mol. The Hall–Kier alpha value is -1.75. The quantitative estimate of drug-likeness (QED) is 0.631. The van der Waals surface area contributed by atoms with Crippen LogP contribution in [-0.2, 0) is 13.5 Å². The molecule has 0 radical (unpaired) electrons. The lowest BCUT2D eigenvalue weighted by atomic mass is 9.96. The lowest BCUT2D eigenvalue weighted by Gasteiger charge is -2.04. The predicted molar refractivity (Wildman–Crippen MR) is 73.2 cm³/mol. The fraction of sp³-hybridized carbons (Fsp3) is 0.214. The van der Waals surface area contributed by atoms with E-state index in [4.69, 9.17) is 0 Å². The number of nitrogens with zero attached hydrogens (tertiary/aromatic N) is 2. The molecule has 2 aromatic rings. The summed E-state index contributed by atoms with van der Waals surface area (Å²) in [5.74, 6) is -0.857. The molecule has 0 aliphatic heterocycles. The fourth-order valence-electron chi connectivity index (χ4n) is 2.44. The summed E-state index contributed by atoms with van der Waals surface area (Å²) in [7, 11) is 1.75. The molecule has 0 amide bonds. The number of fused-ring (bicyclic) bond motifs is 1. The minimum absolute atomic E-state index is 0.0925. The standard InChI is InChI=1S/C14H11BrN2O2/c1-17-7-8(6-16-17)13(18)11-5-10-9(14(11)19)3-2-4-12(10)15/h2-4,6-7,11H,5H2,1H3. The normalized spacial score (nSPS) is 17.6. The molecular weight excluding hydrogens is 308 g/mol. The van der Waals surface area contributed by atoms with Crippen LogP contribution in [0, 0.1) is 5.92 Å². The minimum atomic E-state index is -0.613. The van der Waals surface area contributed by atoms with Gasteiger partial charge >= 0.3 is 0 Å². The van der Waals surface area contributed by atoms with E-state index in [9.17, 15) is 9.59 Å². The molecule has 1 unspecified atom stereocenters. The topological polar surface area (TPSA) is 52.0 Å². The maximum atomic E-state index is 12.4. The van der Waals surface area contributed by atoms with Crippen LogP contribution in [0.4, 0.5) is 0 Å². The Balaban J connectivity index is 1.96. The molecule has 0 fully saturated rings. The Morgan fingerprint density at radius 2 is 2.26 bits per heavy atom. The van der Waals surface area contributed by atoms with Crippen molar-refractivity contribution in [3.05, 3.63) is 51.8 Å². The average Bonchev–Trinajstić information content (AvgIpc) is 2.95. The number of Topliss-reactive ketones (excluding diaryl/α,β-unsaturated/α-hetero) is 2. The van der Waals surface area contributed by atoms with E-state index in [1.54, 1.807) is 24.0 Å². The van der Waals surface area contributed by atoms with Crippen molar-refractivity contribution >= 4 is 27.5 Å². The van der Waals surface area contributed by atoms with Gasteiger partial charge < -0.3 is 0 Å². The van der Waals surface area contributed by atoms with E-state index < -0.39 is 5.92 Å². The SMILES string of the molecule is Cn1cc(C(=O)C2Cc3c(Br)cccc3C2=O)cn1. The summed E-state index contributed by atoms with van der Waals surface area (Å²) in [5.41, 5.74) is 2.07. The summed E-state index contributed by atoms with van der Waals surface area (Å²) >= 11 is 3.43. The molecule has 1 atom stereocenters. The summed E-state index contributed by atoms with van der Waals surface area (Å²) in [6, 6.07) is 5.49. The lowest BCUT2D eigenvalue weighted by molar-refractivity contribution is 0.0822. The number of hydrogen-bond acceptors (Lipinski definition) is 3. The van der Waals surface area contributed by atoms with Crippen molar-refractivity contribution in [3.8, 4) is 0 Å². The number of carbonyl (C=O) groups excluding carboxylic acids is 2.